The smallest absolute Gasteiger partial charge is 0.111 e. The van der Waals surface area contributed by atoms with Gasteiger partial charge in [0.25, 0.3) is 0 Å². The van der Waals surface area contributed by atoms with E-state index in [-0.39, 0.29) is 18.3 Å². The number of epoxide rings is 1. The average molecular weight is 403 g/mol. The Labute approximate surface area is 177 Å². The summed E-state index contributed by atoms with van der Waals surface area (Å²) in [6.07, 6.45) is 16.5. The van der Waals surface area contributed by atoms with E-state index in [0.717, 1.165) is 43.4 Å². The fraction of sp³-hybridized carbons (Fsp3) is 0.846. The van der Waals surface area contributed by atoms with Crippen LogP contribution in [-0.4, -0.2) is 34.1 Å². The minimum atomic E-state index is -0.533. The Morgan fingerprint density at radius 3 is 2.76 bits per heavy atom. The highest BCUT2D eigenvalue weighted by Gasteiger charge is 2.51. The van der Waals surface area contributed by atoms with Gasteiger partial charge in [0.05, 0.1) is 17.8 Å². The second kappa shape index (κ2) is 8.13. The molecule has 1 heterocycles. The third kappa shape index (κ3) is 4.67. The predicted molar refractivity (Wildman–Crippen MR) is 118 cm³/mol. The van der Waals surface area contributed by atoms with Gasteiger partial charge in [0.15, 0.2) is 0 Å². The van der Waals surface area contributed by atoms with Crippen molar-refractivity contribution >= 4 is 0 Å². The molecule has 0 aromatic heterocycles. The van der Waals surface area contributed by atoms with E-state index in [4.69, 9.17) is 4.74 Å². The van der Waals surface area contributed by atoms with E-state index in [0.29, 0.717) is 5.41 Å². The molecule has 0 aromatic carbocycles. The molecule has 164 valence electrons. The molecule has 0 radical (unpaired) electrons. The van der Waals surface area contributed by atoms with Crippen molar-refractivity contribution in [3.8, 4) is 0 Å². The SMILES string of the molecule is C[C@H](CCCC(C)(C)O)[C@H]1CC[C@H]2/C(=C/C=C3\C[C@@H](O)[C@@H]4O[C@@H]4C3)CCC[C@]12C. The second-order valence-corrected chi connectivity index (χ2v) is 11.5. The van der Waals surface area contributed by atoms with Crippen LogP contribution < -0.4 is 0 Å². The van der Waals surface area contributed by atoms with Gasteiger partial charge >= 0.3 is 0 Å². The Morgan fingerprint density at radius 1 is 1.24 bits per heavy atom. The average Bonchev–Trinajstić information content (AvgIpc) is 3.32. The summed E-state index contributed by atoms with van der Waals surface area (Å²) in [4.78, 5) is 0. The van der Waals surface area contributed by atoms with Crippen LogP contribution in [0.3, 0.4) is 0 Å². The third-order valence-electron chi connectivity index (χ3n) is 8.64. The number of hydrogen-bond donors (Lipinski definition) is 2. The van der Waals surface area contributed by atoms with Gasteiger partial charge in [0, 0.05) is 0 Å². The van der Waals surface area contributed by atoms with Crippen molar-refractivity contribution < 1.29 is 14.9 Å². The Hall–Kier alpha value is -0.640. The first-order valence-electron chi connectivity index (χ1n) is 12.1. The van der Waals surface area contributed by atoms with Crippen molar-refractivity contribution in [3.05, 3.63) is 23.3 Å². The molecule has 4 rings (SSSR count). The van der Waals surface area contributed by atoms with Gasteiger partial charge in [-0.3, -0.25) is 0 Å². The highest BCUT2D eigenvalue weighted by molar-refractivity contribution is 5.27. The van der Waals surface area contributed by atoms with E-state index in [9.17, 15) is 10.2 Å². The molecule has 3 saturated carbocycles. The maximum absolute atomic E-state index is 10.1. The molecule has 29 heavy (non-hydrogen) atoms. The Balaban J connectivity index is 1.41. The highest BCUT2D eigenvalue weighted by Crippen LogP contribution is 2.60. The van der Waals surface area contributed by atoms with E-state index in [1.54, 1.807) is 5.57 Å². The lowest BCUT2D eigenvalue weighted by Gasteiger charge is -2.44. The summed E-state index contributed by atoms with van der Waals surface area (Å²) >= 11 is 0. The first-order chi connectivity index (χ1) is 13.7. The summed E-state index contributed by atoms with van der Waals surface area (Å²) in [7, 11) is 0. The zero-order valence-electron chi connectivity index (χ0n) is 19.0. The summed E-state index contributed by atoms with van der Waals surface area (Å²) in [5.41, 5.74) is 2.93. The van der Waals surface area contributed by atoms with Crippen LogP contribution in [0.25, 0.3) is 0 Å². The summed E-state index contributed by atoms with van der Waals surface area (Å²) in [5, 5.41) is 20.2. The molecule has 0 amide bonds. The fourth-order valence-corrected chi connectivity index (χ4v) is 7.02. The molecule has 0 aromatic rings. The van der Waals surface area contributed by atoms with E-state index in [1.807, 2.05) is 13.8 Å². The number of aliphatic hydroxyl groups is 2. The largest absolute Gasteiger partial charge is 0.390 e. The van der Waals surface area contributed by atoms with Gasteiger partial charge in [0.1, 0.15) is 6.10 Å². The van der Waals surface area contributed by atoms with Gasteiger partial charge in [-0.1, -0.05) is 50.0 Å². The van der Waals surface area contributed by atoms with Crippen LogP contribution in [-0.2, 0) is 4.74 Å². The number of hydrogen-bond acceptors (Lipinski definition) is 3. The van der Waals surface area contributed by atoms with Crippen molar-refractivity contribution in [2.75, 3.05) is 0 Å². The number of allylic oxidation sites excluding steroid dienone is 3. The summed E-state index contributed by atoms with van der Waals surface area (Å²) in [6, 6.07) is 0. The monoisotopic (exact) mass is 402 g/mol. The standard InChI is InChI=1S/C26H42O3/c1-17(7-5-13-25(2,3)28)20-11-12-21-19(8-6-14-26(20,21)4)10-9-18-15-22(27)24-23(16-18)29-24/h9-10,17,20-24,27-28H,5-8,11-16H2,1-4H3/b18-9+,19-10+/t17-,20-,21+,22-,23-,24+,26-/m1/s1. The topological polar surface area (TPSA) is 53.0 Å². The molecule has 1 saturated heterocycles. The summed E-state index contributed by atoms with van der Waals surface area (Å²) in [6.45, 7) is 8.88. The highest BCUT2D eigenvalue weighted by atomic mass is 16.6. The fourth-order valence-electron chi connectivity index (χ4n) is 7.02. The molecule has 3 heteroatoms. The molecule has 3 aliphatic carbocycles. The van der Waals surface area contributed by atoms with E-state index < -0.39 is 5.60 Å². The zero-order valence-corrected chi connectivity index (χ0v) is 19.0. The minimum absolute atomic E-state index is 0.117. The van der Waals surface area contributed by atoms with Crippen LogP contribution in [0, 0.1) is 23.2 Å². The number of ether oxygens (including phenoxy) is 1. The van der Waals surface area contributed by atoms with Gasteiger partial charge in [-0.15, -0.1) is 0 Å². The molecule has 3 nitrogen and oxygen atoms in total. The number of rotatable bonds is 6. The molecular formula is C26H42O3. The van der Waals surface area contributed by atoms with E-state index >= 15 is 0 Å². The quantitative estimate of drug-likeness (QED) is 0.572. The third-order valence-corrected chi connectivity index (χ3v) is 8.64. The normalized spacial score (nSPS) is 43.3. The second-order valence-electron chi connectivity index (χ2n) is 11.5. The molecule has 7 atom stereocenters. The van der Waals surface area contributed by atoms with Gasteiger partial charge in [-0.05, 0) is 88.4 Å². The minimum Gasteiger partial charge on any atom is -0.390 e. The number of fused-ring (bicyclic) bond motifs is 2. The first-order valence-corrected chi connectivity index (χ1v) is 12.1. The first kappa shape index (κ1) is 21.6. The molecule has 0 bridgehead atoms. The molecule has 0 spiro atoms. The van der Waals surface area contributed by atoms with Crippen molar-refractivity contribution in [1.29, 1.82) is 0 Å². The molecule has 4 aliphatic rings. The van der Waals surface area contributed by atoms with Gasteiger partial charge in [-0.25, -0.2) is 0 Å². The van der Waals surface area contributed by atoms with Gasteiger partial charge in [0.2, 0.25) is 0 Å². The van der Waals surface area contributed by atoms with Crippen molar-refractivity contribution in [2.24, 2.45) is 23.2 Å². The van der Waals surface area contributed by atoms with Crippen molar-refractivity contribution in [3.63, 3.8) is 0 Å². The van der Waals surface area contributed by atoms with Gasteiger partial charge in [-0.2, -0.15) is 0 Å². The predicted octanol–water partition coefficient (Wildman–Crippen LogP) is 5.56. The van der Waals surface area contributed by atoms with E-state index in [1.165, 1.54) is 44.1 Å². The maximum atomic E-state index is 10.1. The zero-order chi connectivity index (χ0) is 20.8. The molecule has 0 unspecified atom stereocenters. The maximum Gasteiger partial charge on any atom is 0.111 e. The number of aliphatic hydroxyl groups excluding tert-OH is 1. The van der Waals surface area contributed by atoms with E-state index in [2.05, 4.69) is 26.0 Å². The summed E-state index contributed by atoms with van der Waals surface area (Å²) < 4.78 is 5.56. The Kier molecular flexibility index (Phi) is 6.05. The Morgan fingerprint density at radius 2 is 2.03 bits per heavy atom. The lowest BCUT2D eigenvalue weighted by Crippen LogP contribution is -2.36. The Bertz CT molecular complexity index is 657. The van der Waals surface area contributed by atoms with Crippen LogP contribution in [0.5, 0.6) is 0 Å². The van der Waals surface area contributed by atoms with Crippen LogP contribution >= 0.6 is 0 Å². The summed E-state index contributed by atoms with van der Waals surface area (Å²) in [5.74, 6) is 2.28. The molecule has 1 aliphatic heterocycles. The molecular weight excluding hydrogens is 360 g/mol. The van der Waals surface area contributed by atoms with Crippen LogP contribution in [0.4, 0.5) is 0 Å². The lowest BCUT2D eigenvalue weighted by molar-refractivity contribution is 0.0596. The van der Waals surface area contributed by atoms with Gasteiger partial charge < -0.3 is 14.9 Å². The van der Waals surface area contributed by atoms with Crippen molar-refractivity contribution in [1.82, 2.24) is 0 Å². The van der Waals surface area contributed by atoms with Crippen LogP contribution in [0.1, 0.15) is 91.9 Å². The lowest BCUT2D eigenvalue weighted by atomic mass is 9.60. The molecule has 4 fully saturated rings. The molecule has 2 N–H and O–H groups in total. The van der Waals surface area contributed by atoms with Crippen molar-refractivity contribution in [2.45, 2.75) is 116 Å². The van der Waals surface area contributed by atoms with Crippen LogP contribution in [0.2, 0.25) is 0 Å². The van der Waals surface area contributed by atoms with Crippen LogP contribution in [0.15, 0.2) is 23.3 Å².